The van der Waals surface area contributed by atoms with Crippen LogP contribution in [0.25, 0.3) is 0 Å². The van der Waals surface area contributed by atoms with Crippen molar-refractivity contribution in [2.24, 2.45) is 28.7 Å². The number of hydrogen-bond acceptors (Lipinski definition) is 10. The summed E-state index contributed by atoms with van der Waals surface area (Å²) in [5.41, 5.74) is 2.05. The Morgan fingerprint density at radius 3 is 1.58 bits per heavy atom. The Bertz CT molecular complexity index is 1960. The molecule has 348 valence electrons. The molecule has 0 unspecified atom stereocenters. The first-order valence-electron chi connectivity index (χ1n) is 22.6. The molecule has 2 aliphatic heterocycles. The van der Waals surface area contributed by atoms with E-state index < -0.39 is 11.3 Å². The Kier molecular flexibility index (Phi) is 17.7. The number of methoxy groups -OCH3 is 2. The van der Waals surface area contributed by atoms with Crippen LogP contribution in [0.4, 0.5) is 0 Å². The number of hydrogen-bond donors (Lipinski definition) is 3. The molecule has 0 atom stereocenters. The average molecular weight is 951 g/mol. The van der Waals surface area contributed by atoms with Gasteiger partial charge < -0.3 is 25.0 Å². The fraction of sp³-hybridized carbons (Fsp3) is 0.583. The Morgan fingerprint density at radius 2 is 1.16 bits per heavy atom. The lowest BCUT2D eigenvalue weighted by Crippen LogP contribution is -2.55. The van der Waals surface area contributed by atoms with E-state index in [-0.39, 0.29) is 61.5 Å². The zero-order valence-corrected chi connectivity index (χ0v) is 39.8. The monoisotopic (exact) mass is 949 g/mol. The highest BCUT2D eigenvalue weighted by Gasteiger charge is 2.57. The molecule has 3 N–H and O–H groups in total. The van der Waals surface area contributed by atoms with Crippen LogP contribution >= 0.6 is 15.9 Å². The van der Waals surface area contributed by atoms with Crippen LogP contribution in [-0.2, 0) is 41.5 Å². The number of carbonyl (C=O) groups is 6. The summed E-state index contributed by atoms with van der Waals surface area (Å²) in [7, 11) is 2.63. The molecule has 2 aromatic rings. The molecule has 0 aromatic heterocycles. The van der Waals surface area contributed by atoms with Gasteiger partial charge >= 0.3 is 17.8 Å². The van der Waals surface area contributed by atoms with E-state index in [4.69, 9.17) is 4.99 Å². The van der Waals surface area contributed by atoms with Crippen LogP contribution < -0.4 is 10.6 Å². The van der Waals surface area contributed by atoms with Crippen LogP contribution in [0.5, 0.6) is 0 Å². The average Bonchev–Trinajstić information content (AvgIpc) is 3.65. The summed E-state index contributed by atoms with van der Waals surface area (Å²) in [5, 5.41) is 15.9. The summed E-state index contributed by atoms with van der Waals surface area (Å²) in [4.78, 5) is 80.6. The summed E-state index contributed by atoms with van der Waals surface area (Å²) in [6, 6.07) is 14.6. The van der Waals surface area contributed by atoms with Crippen molar-refractivity contribution >= 4 is 62.3 Å². The van der Waals surface area contributed by atoms with Crippen LogP contribution in [0.3, 0.4) is 0 Å². The van der Waals surface area contributed by atoms with E-state index in [1.807, 2.05) is 29.2 Å². The van der Waals surface area contributed by atoms with Crippen LogP contribution in [0.1, 0.15) is 124 Å². The topological polar surface area (TPSA) is 187 Å². The molecule has 15 nitrogen and oxygen atoms in total. The van der Waals surface area contributed by atoms with Crippen molar-refractivity contribution in [3.63, 3.8) is 0 Å². The van der Waals surface area contributed by atoms with Gasteiger partial charge in [-0.25, -0.2) is 4.99 Å². The zero-order chi connectivity index (χ0) is 46.6. The molecule has 2 spiro atoms. The fourth-order valence-electron chi connectivity index (χ4n) is 9.35. The smallest absolute Gasteiger partial charge is 0.320 e. The maximum atomic E-state index is 12.8. The highest BCUT2D eigenvalue weighted by Crippen LogP contribution is 2.44. The third-order valence-electron chi connectivity index (χ3n) is 13.6. The highest BCUT2D eigenvalue weighted by atomic mass is 79.9. The van der Waals surface area contributed by atoms with Crippen molar-refractivity contribution in [2.45, 2.75) is 116 Å². The fourth-order valence-corrected chi connectivity index (χ4v) is 9.90. The standard InChI is InChI=1S/C24H32BrN3O4.C24H33N3O5/c1-16(2)18-8-12-24(13-9-18)27-21(25)23(31)28(24)15-11-17-4-6-19(7-5-17)22(30)26-14-10-20(29)32-3;1-17(2)19-8-12-24(13-9-19)26(21(28)16-27(24)31)15-11-18-4-6-20(7-5-18)23(30)25-14-10-22(29)32-3/h4-7,16,18H,8-15H2,1-3H3,(H,26,30);4-7,16-17,19H,8-15H2,1-3H3,(H-,25,28,30,31)/p+1. The Hall–Kier alpha value is -5.12. The first-order valence-corrected chi connectivity index (χ1v) is 23.4. The number of nitrogens with zero attached hydrogens (tertiary/aromatic N) is 4. The van der Waals surface area contributed by atoms with E-state index in [0.717, 1.165) is 67.2 Å². The molecule has 16 heteroatoms. The van der Waals surface area contributed by atoms with Gasteiger partial charge in [0.05, 0.1) is 27.1 Å². The molecule has 4 aliphatic rings. The normalized spacial score (nSPS) is 22.9. The Balaban J connectivity index is 0.000000241. The minimum absolute atomic E-state index is 0.0328. The van der Waals surface area contributed by atoms with Crippen molar-refractivity contribution in [3.8, 4) is 0 Å². The lowest BCUT2D eigenvalue weighted by atomic mass is 9.76. The molecule has 0 saturated heterocycles. The summed E-state index contributed by atoms with van der Waals surface area (Å²) < 4.78 is 10.7. The number of ether oxygens (including phenoxy) is 2. The molecule has 64 heavy (non-hydrogen) atoms. The van der Waals surface area contributed by atoms with E-state index in [2.05, 4.69) is 63.7 Å². The van der Waals surface area contributed by atoms with Gasteiger partial charge in [-0.2, -0.15) is 0 Å². The number of benzene rings is 2. The number of nitrogens with one attached hydrogen (secondary N) is 2. The van der Waals surface area contributed by atoms with Crippen molar-refractivity contribution in [3.05, 3.63) is 70.8 Å². The minimum atomic E-state index is -0.637. The lowest BCUT2D eigenvalue weighted by molar-refractivity contribution is -0.834. The summed E-state index contributed by atoms with van der Waals surface area (Å²) in [6.07, 6.45) is 10.4. The molecule has 2 saturated carbocycles. The predicted octanol–water partition coefficient (Wildman–Crippen LogP) is 6.08. The van der Waals surface area contributed by atoms with Crippen LogP contribution in [0.2, 0.25) is 0 Å². The van der Waals surface area contributed by atoms with E-state index >= 15 is 0 Å². The molecule has 2 heterocycles. The number of rotatable bonds is 16. The first kappa shape index (κ1) is 49.9. The van der Waals surface area contributed by atoms with E-state index in [0.29, 0.717) is 65.4 Å². The van der Waals surface area contributed by atoms with Crippen molar-refractivity contribution in [1.29, 1.82) is 0 Å². The highest BCUT2D eigenvalue weighted by molar-refractivity contribution is 9.19. The van der Waals surface area contributed by atoms with Crippen LogP contribution in [-0.4, -0.2) is 118 Å². The van der Waals surface area contributed by atoms with Gasteiger partial charge in [0.2, 0.25) is 0 Å². The molecule has 2 aliphatic carbocycles. The summed E-state index contributed by atoms with van der Waals surface area (Å²) in [6.45, 7) is 10.5. The van der Waals surface area contributed by atoms with E-state index in [1.165, 1.54) is 20.4 Å². The Morgan fingerprint density at radius 1 is 0.734 bits per heavy atom. The molecule has 0 bridgehead atoms. The molecule has 2 fully saturated rings. The predicted molar refractivity (Wildman–Crippen MR) is 245 cm³/mol. The minimum Gasteiger partial charge on any atom is -0.469 e. The lowest BCUT2D eigenvalue weighted by Gasteiger charge is -2.42. The largest absolute Gasteiger partial charge is 0.469 e. The maximum absolute atomic E-state index is 12.8. The van der Waals surface area contributed by atoms with Gasteiger partial charge in [0.25, 0.3) is 29.6 Å². The van der Waals surface area contributed by atoms with Gasteiger partial charge in [0, 0.05) is 54.9 Å². The number of esters is 2. The van der Waals surface area contributed by atoms with Gasteiger partial charge in [0.15, 0.2) is 4.62 Å². The molecule has 2 aromatic carbocycles. The molecular formula is C48H66BrN6O9+. The van der Waals surface area contributed by atoms with Gasteiger partial charge in [-0.1, -0.05) is 52.0 Å². The van der Waals surface area contributed by atoms with Gasteiger partial charge in [-0.05, 0) is 126 Å². The Labute approximate surface area is 385 Å². The summed E-state index contributed by atoms with van der Waals surface area (Å²) >= 11 is 3.37. The quantitative estimate of drug-likeness (QED) is 0.102. The van der Waals surface area contributed by atoms with Crippen molar-refractivity contribution < 1.29 is 48.2 Å². The third kappa shape index (κ3) is 12.4. The molecular weight excluding hydrogens is 884 g/mol. The van der Waals surface area contributed by atoms with Crippen molar-refractivity contribution in [1.82, 2.24) is 20.4 Å². The number of halogens is 1. The van der Waals surface area contributed by atoms with E-state index in [1.54, 1.807) is 29.2 Å². The first-order chi connectivity index (χ1) is 30.5. The summed E-state index contributed by atoms with van der Waals surface area (Å²) in [5.74, 6) is 1.18. The zero-order valence-electron chi connectivity index (χ0n) is 38.2. The molecule has 0 radical (unpaired) electrons. The van der Waals surface area contributed by atoms with Crippen LogP contribution in [0.15, 0.2) is 53.5 Å². The number of carbonyl (C=O) groups excluding carboxylic acids is 6. The van der Waals surface area contributed by atoms with E-state index in [9.17, 15) is 34.0 Å². The van der Waals surface area contributed by atoms with Gasteiger partial charge in [-0.3, -0.25) is 38.9 Å². The molecule has 4 amide bonds. The second kappa shape index (κ2) is 22.7. The van der Waals surface area contributed by atoms with Gasteiger partial charge in [-0.15, -0.1) is 0 Å². The second-order valence-corrected chi connectivity index (χ2v) is 18.8. The number of hydroxylamine groups is 1. The second-order valence-electron chi connectivity index (χ2n) is 18.0. The molecule has 6 rings (SSSR count). The van der Waals surface area contributed by atoms with Gasteiger partial charge in [0.1, 0.15) is 5.66 Å². The van der Waals surface area contributed by atoms with Crippen LogP contribution in [0, 0.1) is 23.7 Å². The number of aliphatic imine (C=N–C) groups is 1. The number of amides is 4. The third-order valence-corrected chi connectivity index (χ3v) is 14.1. The maximum Gasteiger partial charge on any atom is 0.320 e. The van der Waals surface area contributed by atoms with Crippen molar-refractivity contribution in [2.75, 3.05) is 40.4 Å². The SMILES string of the molecule is COC(=O)CCNC(=O)c1ccc(CCN2C(=O)C(Br)=NC23CCC(C(C)C)CC3)cc1.COC(=O)CCNC(=O)c1ccc(CCN2C(=O)C=[N+](O)C23CCC(C(C)C)CC3)cc1.